The summed E-state index contributed by atoms with van der Waals surface area (Å²) in [6.07, 6.45) is 0. The molecule has 104 valence electrons. The van der Waals surface area contributed by atoms with Gasteiger partial charge in [-0.3, -0.25) is 0 Å². The molecule has 0 amide bonds. The number of hydrogen-bond acceptors (Lipinski definition) is 2. The van der Waals surface area contributed by atoms with Crippen LogP contribution in [0.2, 0.25) is 10.0 Å². The van der Waals surface area contributed by atoms with Gasteiger partial charge in [0.05, 0.1) is 14.0 Å². The molecule has 0 radical (unpaired) electrons. The molecule has 0 unspecified atom stereocenters. The first kappa shape index (κ1) is 15.4. The fraction of sp³-hybridized carbons (Fsp3) is 0. The van der Waals surface area contributed by atoms with Gasteiger partial charge in [0.15, 0.2) is 23.0 Å². The maximum absolute atomic E-state index is 6.24. The Kier molecular flexibility index (Phi) is 4.35. The fourth-order valence-corrected chi connectivity index (χ4v) is 4.37. The Morgan fingerprint density at radius 2 is 1.35 bits per heavy atom. The van der Waals surface area contributed by atoms with Crippen molar-refractivity contribution in [2.75, 3.05) is 0 Å². The molecule has 8 heteroatoms. The molecule has 2 aromatic carbocycles. The van der Waals surface area contributed by atoms with E-state index in [2.05, 4.69) is 63.7 Å². The van der Waals surface area contributed by atoms with Gasteiger partial charge in [0, 0.05) is 15.0 Å². The van der Waals surface area contributed by atoms with Gasteiger partial charge in [-0.25, -0.2) is 0 Å². The molecule has 1 aliphatic heterocycles. The summed E-state index contributed by atoms with van der Waals surface area (Å²) in [6.45, 7) is 0. The minimum absolute atomic E-state index is 0.430. The Morgan fingerprint density at radius 3 is 2.05 bits per heavy atom. The Bertz CT molecular complexity index is 749. The Morgan fingerprint density at radius 1 is 0.700 bits per heavy atom. The topological polar surface area (TPSA) is 18.5 Å². The normalized spacial score (nSPS) is 12.3. The van der Waals surface area contributed by atoms with Crippen LogP contribution in [-0.2, 0) is 0 Å². The number of fused-ring (bicyclic) bond motifs is 2. The van der Waals surface area contributed by atoms with Crippen molar-refractivity contribution in [2.45, 2.75) is 0 Å². The maximum atomic E-state index is 6.24. The van der Waals surface area contributed by atoms with E-state index in [9.17, 15) is 0 Å². The molecule has 0 bridgehead atoms. The average Bonchev–Trinajstić information content (AvgIpc) is 2.41. The molecule has 0 aliphatic carbocycles. The van der Waals surface area contributed by atoms with Crippen molar-refractivity contribution >= 4 is 86.9 Å². The summed E-state index contributed by atoms with van der Waals surface area (Å²) in [6, 6.07) is 3.54. The highest BCUT2D eigenvalue weighted by molar-refractivity contribution is 9.11. The summed E-state index contributed by atoms with van der Waals surface area (Å²) >= 11 is 26.0. The molecule has 0 N–H and O–H groups in total. The number of rotatable bonds is 0. The number of hydrogen-bond donors (Lipinski definition) is 0. The second-order valence-electron chi connectivity index (χ2n) is 3.83. The van der Waals surface area contributed by atoms with Crippen LogP contribution in [0.1, 0.15) is 0 Å². The van der Waals surface area contributed by atoms with E-state index >= 15 is 0 Å². The van der Waals surface area contributed by atoms with E-state index in [1.807, 2.05) is 0 Å². The highest BCUT2D eigenvalue weighted by Gasteiger charge is 2.29. The Hall–Kier alpha value is 0.540. The van der Waals surface area contributed by atoms with E-state index in [-0.39, 0.29) is 0 Å². The van der Waals surface area contributed by atoms with Crippen molar-refractivity contribution in [3.63, 3.8) is 0 Å². The summed E-state index contributed by atoms with van der Waals surface area (Å²) in [7, 11) is 0. The van der Waals surface area contributed by atoms with Gasteiger partial charge < -0.3 is 9.47 Å². The third-order valence-electron chi connectivity index (χ3n) is 2.59. The fourth-order valence-electron chi connectivity index (χ4n) is 1.68. The molecular weight excluding hydrogens is 567 g/mol. The molecule has 20 heavy (non-hydrogen) atoms. The van der Waals surface area contributed by atoms with Crippen LogP contribution in [-0.4, -0.2) is 0 Å². The zero-order valence-corrected chi connectivity index (χ0v) is 17.1. The lowest BCUT2D eigenvalue weighted by Crippen LogP contribution is -2.02. The summed E-state index contributed by atoms with van der Waals surface area (Å²) in [5.74, 6) is 1.98. The molecule has 0 saturated heterocycles. The van der Waals surface area contributed by atoms with Gasteiger partial charge in [-0.05, 0) is 69.8 Å². The summed E-state index contributed by atoms with van der Waals surface area (Å²) in [4.78, 5) is 0. The van der Waals surface area contributed by atoms with E-state index in [0.717, 1.165) is 4.47 Å². The van der Waals surface area contributed by atoms with Crippen LogP contribution in [0, 0.1) is 0 Å². The van der Waals surface area contributed by atoms with Crippen molar-refractivity contribution in [1.29, 1.82) is 0 Å². The van der Waals surface area contributed by atoms with Crippen molar-refractivity contribution < 1.29 is 9.47 Å². The lowest BCUT2D eigenvalue weighted by molar-refractivity contribution is 0.355. The van der Waals surface area contributed by atoms with Crippen LogP contribution in [0.4, 0.5) is 0 Å². The lowest BCUT2D eigenvalue weighted by atomic mass is 10.2. The van der Waals surface area contributed by atoms with Crippen LogP contribution < -0.4 is 9.47 Å². The molecule has 1 aliphatic rings. The molecule has 2 aromatic rings. The van der Waals surface area contributed by atoms with Crippen LogP contribution >= 0.6 is 86.9 Å². The minimum Gasteiger partial charge on any atom is -0.448 e. The van der Waals surface area contributed by atoms with Crippen molar-refractivity contribution in [3.05, 3.63) is 40.1 Å². The van der Waals surface area contributed by atoms with E-state index in [1.54, 1.807) is 12.1 Å². The number of halogens is 6. The highest BCUT2D eigenvalue weighted by atomic mass is 79.9. The van der Waals surface area contributed by atoms with Crippen LogP contribution in [0.3, 0.4) is 0 Å². The first-order valence-electron chi connectivity index (χ1n) is 5.11. The third kappa shape index (κ3) is 2.42. The largest absolute Gasteiger partial charge is 0.448 e. The summed E-state index contributed by atoms with van der Waals surface area (Å²) in [5.41, 5.74) is 0. The van der Waals surface area contributed by atoms with Gasteiger partial charge >= 0.3 is 0 Å². The molecule has 0 spiro atoms. The van der Waals surface area contributed by atoms with Gasteiger partial charge in [-0.15, -0.1) is 0 Å². The van der Waals surface area contributed by atoms with Crippen molar-refractivity contribution in [3.8, 4) is 23.0 Å². The van der Waals surface area contributed by atoms with Crippen molar-refractivity contribution in [1.82, 2.24) is 0 Å². The molecule has 1 heterocycles. The summed E-state index contributed by atoms with van der Waals surface area (Å²) < 4.78 is 14.5. The molecule has 0 aromatic heterocycles. The highest BCUT2D eigenvalue weighted by Crippen LogP contribution is 2.57. The lowest BCUT2D eigenvalue weighted by Gasteiger charge is -2.24. The van der Waals surface area contributed by atoms with Crippen LogP contribution in [0.25, 0.3) is 0 Å². The molecule has 0 fully saturated rings. The monoisotopic (exact) mass is 564 g/mol. The average molecular weight is 569 g/mol. The number of benzene rings is 2. The van der Waals surface area contributed by atoms with Crippen LogP contribution in [0.15, 0.2) is 30.0 Å². The molecule has 0 atom stereocenters. The standard InChI is InChI=1S/C12H2Br4Cl2O2/c13-3-1-5(15)10-12(9(3)18)20-11-6(19-10)2-4(14)8(17)7(11)16/h1-2H. The second kappa shape index (κ2) is 5.63. The van der Waals surface area contributed by atoms with Crippen LogP contribution in [0.5, 0.6) is 23.0 Å². The maximum Gasteiger partial charge on any atom is 0.191 e. The summed E-state index contributed by atoms with van der Waals surface area (Å²) in [5, 5.41) is 0.931. The van der Waals surface area contributed by atoms with E-state index in [1.165, 1.54) is 0 Å². The SMILES string of the molecule is Clc1c(Br)cc2c(c1Br)Oc1c(Cl)c(Br)cc(Br)c1O2. The zero-order valence-electron chi connectivity index (χ0n) is 9.24. The van der Waals surface area contributed by atoms with E-state index in [0.29, 0.717) is 46.5 Å². The second-order valence-corrected chi connectivity index (χ2v) is 7.94. The first-order chi connectivity index (χ1) is 9.40. The molecule has 0 saturated carbocycles. The predicted octanol–water partition coefficient (Wildman–Crippen LogP) is 7.94. The van der Waals surface area contributed by atoms with Crippen molar-refractivity contribution in [2.24, 2.45) is 0 Å². The quantitative estimate of drug-likeness (QED) is 0.203. The number of ether oxygens (including phenoxy) is 2. The smallest absolute Gasteiger partial charge is 0.191 e. The van der Waals surface area contributed by atoms with E-state index in [4.69, 9.17) is 32.7 Å². The predicted molar refractivity (Wildman–Crippen MR) is 93.9 cm³/mol. The molecular formula is C12H2Br4Cl2O2. The van der Waals surface area contributed by atoms with Gasteiger partial charge in [-0.2, -0.15) is 0 Å². The minimum atomic E-state index is 0.430. The first-order valence-corrected chi connectivity index (χ1v) is 9.03. The Labute approximate surface area is 158 Å². The zero-order chi connectivity index (χ0) is 14.6. The molecule has 2 nitrogen and oxygen atoms in total. The van der Waals surface area contributed by atoms with Gasteiger partial charge in [0.25, 0.3) is 0 Å². The molecule has 3 rings (SSSR count). The van der Waals surface area contributed by atoms with Gasteiger partial charge in [0.2, 0.25) is 0 Å². The van der Waals surface area contributed by atoms with E-state index < -0.39 is 0 Å². The van der Waals surface area contributed by atoms with Gasteiger partial charge in [-0.1, -0.05) is 23.2 Å². The Balaban J connectivity index is 2.24. The third-order valence-corrected chi connectivity index (χ3v) is 6.63. The van der Waals surface area contributed by atoms with Gasteiger partial charge in [0.1, 0.15) is 5.02 Å².